The van der Waals surface area contributed by atoms with Gasteiger partial charge in [-0.1, -0.05) is 34.8 Å². The minimum Gasteiger partial charge on any atom is -0.492 e. The van der Waals surface area contributed by atoms with Crippen molar-refractivity contribution in [2.24, 2.45) is 0 Å². The molecule has 6 nitrogen and oxygen atoms in total. The van der Waals surface area contributed by atoms with Gasteiger partial charge in [-0.2, -0.15) is 0 Å². The summed E-state index contributed by atoms with van der Waals surface area (Å²) in [6, 6.07) is 1.03. The van der Waals surface area contributed by atoms with E-state index in [0.29, 0.717) is 4.73 Å². The van der Waals surface area contributed by atoms with Crippen LogP contribution >= 0.6 is 34.8 Å². The Bertz CT molecular complexity index is 411. The van der Waals surface area contributed by atoms with Crippen LogP contribution in [0.4, 0.5) is 4.79 Å². The molecule has 3 N–H and O–H groups in total. The fraction of sp³-hybridized carbons (Fsp3) is 0.286. The van der Waals surface area contributed by atoms with E-state index in [0.717, 1.165) is 6.07 Å². The van der Waals surface area contributed by atoms with Crippen LogP contribution in [0.5, 0.6) is 11.8 Å². The molecular formula is C7H6Cl3NO5. The molecule has 1 aromatic heterocycles. The maximum atomic E-state index is 10.2. The number of halogens is 3. The molecule has 0 unspecified atom stereocenters. The Balaban J connectivity index is 3.02. The maximum Gasteiger partial charge on any atom is 0.531 e. The van der Waals surface area contributed by atoms with Gasteiger partial charge in [0.2, 0.25) is 11.8 Å². The monoisotopic (exact) mass is 289 g/mol. The van der Waals surface area contributed by atoms with Crippen molar-refractivity contribution in [1.82, 2.24) is 4.73 Å². The summed E-state index contributed by atoms with van der Waals surface area (Å²) in [5.41, 5.74) is 0.0405. The molecule has 0 amide bonds. The lowest BCUT2D eigenvalue weighted by molar-refractivity contribution is 0.0642. The zero-order valence-electron chi connectivity index (χ0n) is 7.52. The second-order valence-corrected chi connectivity index (χ2v) is 5.31. The fourth-order valence-electron chi connectivity index (χ4n) is 1.03. The van der Waals surface area contributed by atoms with Gasteiger partial charge in [0, 0.05) is 18.1 Å². The van der Waals surface area contributed by atoms with Crippen LogP contribution in [-0.4, -0.2) is 30.0 Å². The molecular weight excluding hydrogens is 284 g/mol. The number of alkyl halides is 3. The minimum absolute atomic E-state index is 0.0405. The molecule has 0 aromatic carbocycles. The second kappa shape index (κ2) is 4.48. The predicted molar refractivity (Wildman–Crippen MR) is 56.4 cm³/mol. The van der Waals surface area contributed by atoms with Crippen LogP contribution in [0.15, 0.2) is 6.07 Å². The Hall–Kier alpha value is -0.980. The number of rotatable bonds is 2. The van der Waals surface area contributed by atoms with Gasteiger partial charge in [0.1, 0.15) is 0 Å². The van der Waals surface area contributed by atoms with Crippen molar-refractivity contribution < 1.29 is 25.0 Å². The van der Waals surface area contributed by atoms with Crippen LogP contribution in [0.1, 0.15) is 5.56 Å². The highest BCUT2D eigenvalue weighted by Gasteiger charge is 2.26. The van der Waals surface area contributed by atoms with Gasteiger partial charge in [0.05, 0.1) is 0 Å². The normalized spacial score (nSPS) is 11.4. The van der Waals surface area contributed by atoms with Gasteiger partial charge >= 0.3 is 6.16 Å². The highest BCUT2D eigenvalue weighted by atomic mass is 35.6. The zero-order valence-corrected chi connectivity index (χ0v) is 9.79. The number of aromatic nitrogens is 1. The molecule has 0 saturated heterocycles. The molecule has 1 rings (SSSR count). The van der Waals surface area contributed by atoms with E-state index in [4.69, 9.17) is 39.9 Å². The molecule has 0 aliphatic carbocycles. The lowest BCUT2D eigenvalue weighted by Gasteiger charge is -2.09. The minimum atomic E-state index is -1.71. The first-order valence-electron chi connectivity index (χ1n) is 3.81. The summed E-state index contributed by atoms with van der Waals surface area (Å²) in [5.74, 6) is -1.27. The summed E-state index contributed by atoms with van der Waals surface area (Å²) >= 11 is 16.4. The molecule has 16 heavy (non-hydrogen) atoms. The largest absolute Gasteiger partial charge is 0.531 e. The van der Waals surface area contributed by atoms with Gasteiger partial charge in [-0.05, 0) is 0 Å². The topological polar surface area (TPSA) is 91.9 Å². The number of hydrogen-bond donors (Lipinski definition) is 3. The number of aromatic hydroxyl groups is 2. The standard InChI is InChI=1S/C7H6Cl3NO5/c8-7(9,10)2-3-1-4(12)11(5(3)13)16-6(14)15/h1,12-13H,2H2,(H,14,15). The van der Waals surface area contributed by atoms with Gasteiger partial charge in [-0.3, -0.25) is 4.84 Å². The van der Waals surface area contributed by atoms with E-state index in [1.807, 2.05) is 0 Å². The number of nitrogens with zero attached hydrogens (tertiary/aromatic N) is 1. The smallest absolute Gasteiger partial charge is 0.492 e. The summed E-state index contributed by atoms with van der Waals surface area (Å²) in [5, 5.41) is 27.0. The van der Waals surface area contributed by atoms with Crippen LogP contribution in [0.3, 0.4) is 0 Å². The average molecular weight is 290 g/mol. The van der Waals surface area contributed by atoms with Crippen molar-refractivity contribution in [3.8, 4) is 11.8 Å². The molecule has 0 spiro atoms. The SMILES string of the molecule is O=C(O)On1c(O)cc(CC(Cl)(Cl)Cl)c1O. The fourth-order valence-corrected chi connectivity index (χ4v) is 1.46. The van der Waals surface area contributed by atoms with E-state index in [1.54, 1.807) is 0 Å². The Kier molecular flexibility index (Phi) is 3.67. The molecule has 1 aromatic rings. The molecule has 0 radical (unpaired) electrons. The van der Waals surface area contributed by atoms with E-state index in [9.17, 15) is 15.0 Å². The van der Waals surface area contributed by atoms with Crippen LogP contribution in [0.25, 0.3) is 0 Å². The van der Waals surface area contributed by atoms with Crippen molar-refractivity contribution in [2.45, 2.75) is 10.2 Å². The summed E-state index contributed by atoms with van der Waals surface area (Å²) in [6.45, 7) is 0. The van der Waals surface area contributed by atoms with Crippen molar-refractivity contribution >= 4 is 41.0 Å². The highest BCUT2D eigenvalue weighted by molar-refractivity contribution is 6.67. The zero-order chi connectivity index (χ0) is 12.5. The van der Waals surface area contributed by atoms with E-state index in [-0.39, 0.29) is 12.0 Å². The molecule has 9 heteroatoms. The van der Waals surface area contributed by atoms with E-state index >= 15 is 0 Å². The van der Waals surface area contributed by atoms with Crippen LogP contribution in [0.2, 0.25) is 0 Å². The van der Waals surface area contributed by atoms with Crippen LogP contribution in [0, 0.1) is 0 Å². The van der Waals surface area contributed by atoms with Gasteiger partial charge in [-0.15, -0.1) is 4.73 Å². The summed E-state index contributed by atoms with van der Waals surface area (Å²) < 4.78 is -1.38. The second-order valence-electron chi connectivity index (χ2n) is 2.79. The molecule has 0 fully saturated rings. The quantitative estimate of drug-likeness (QED) is 0.724. The Morgan fingerprint density at radius 3 is 2.44 bits per heavy atom. The number of hydrogen-bond acceptors (Lipinski definition) is 4. The molecule has 0 aliphatic heterocycles. The lowest BCUT2D eigenvalue weighted by atomic mass is 10.2. The van der Waals surface area contributed by atoms with Gasteiger partial charge in [-0.25, -0.2) is 4.79 Å². The van der Waals surface area contributed by atoms with Crippen LogP contribution in [-0.2, 0) is 6.42 Å². The summed E-state index contributed by atoms with van der Waals surface area (Å²) in [7, 11) is 0. The van der Waals surface area contributed by atoms with Crippen molar-refractivity contribution in [3.63, 3.8) is 0 Å². The summed E-state index contributed by atoms with van der Waals surface area (Å²) in [4.78, 5) is 14.3. The van der Waals surface area contributed by atoms with Crippen LogP contribution < -0.4 is 4.84 Å². The average Bonchev–Trinajstić information content (AvgIpc) is 2.29. The first kappa shape index (κ1) is 13.1. The lowest BCUT2D eigenvalue weighted by Crippen LogP contribution is -2.16. The third kappa shape index (κ3) is 3.26. The van der Waals surface area contributed by atoms with Gasteiger partial charge in [0.25, 0.3) is 0 Å². The number of carboxylic acid groups (broad SMARTS) is 1. The third-order valence-electron chi connectivity index (χ3n) is 1.55. The van der Waals surface area contributed by atoms with E-state index < -0.39 is 21.7 Å². The first-order valence-corrected chi connectivity index (χ1v) is 4.94. The van der Waals surface area contributed by atoms with Gasteiger partial charge < -0.3 is 15.3 Å². The summed E-state index contributed by atoms with van der Waals surface area (Å²) in [6.07, 6.45) is -1.92. The molecule has 0 atom stereocenters. The maximum absolute atomic E-state index is 10.2. The molecule has 90 valence electrons. The first-order chi connectivity index (χ1) is 7.20. The number of carbonyl (C=O) groups is 1. The van der Waals surface area contributed by atoms with E-state index in [2.05, 4.69) is 4.84 Å². The third-order valence-corrected chi connectivity index (χ3v) is 1.95. The van der Waals surface area contributed by atoms with Crippen molar-refractivity contribution in [3.05, 3.63) is 11.6 Å². The molecule has 0 bridgehead atoms. The Labute approximate surface area is 104 Å². The van der Waals surface area contributed by atoms with Crippen molar-refractivity contribution in [2.75, 3.05) is 0 Å². The molecule has 0 aliphatic rings. The van der Waals surface area contributed by atoms with Gasteiger partial charge in [0.15, 0.2) is 3.79 Å². The Morgan fingerprint density at radius 2 is 2.00 bits per heavy atom. The predicted octanol–water partition coefficient (Wildman–Crippen LogP) is 1.92. The molecule has 0 saturated carbocycles. The van der Waals surface area contributed by atoms with Crippen molar-refractivity contribution in [1.29, 1.82) is 0 Å². The molecule has 1 heterocycles. The Morgan fingerprint density at radius 1 is 1.44 bits per heavy atom. The highest BCUT2D eigenvalue weighted by Crippen LogP contribution is 2.36. The van der Waals surface area contributed by atoms with E-state index in [1.165, 1.54) is 0 Å².